The molecule has 0 saturated heterocycles. The van der Waals surface area contributed by atoms with Crippen molar-refractivity contribution < 1.29 is 14.6 Å². The second kappa shape index (κ2) is 7.04. The molecule has 5 nitrogen and oxygen atoms in total. The molecule has 0 bridgehead atoms. The highest BCUT2D eigenvalue weighted by molar-refractivity contribution is 6.02. The summed E-state index contributed by atoms with van der Waals surface area (Å²) in [7, 11) is 0. The number of para-hydroxylation sites is 1. The molecule has 5 heteroatoms. The van der Waals surface area contributed by atoms with Crippen molar-refractivity contribution in [3.63, 3.8) is 0 Å². The van der Waals surface area contributed by atoms with Crippen LogP contribution in [0.25, 0.3) is 10.9 Å². The second-order valence-corrected chi connectivity index (χ2v) is 4.70. The maximum Gasteiger partial charge on any atom is 0.342 e. The molecule has 0 fully saturated rings. The van der Waals surface area contributed by atoms with Crippen LogP contribution in [0.1, 0.15) is 29.3 Å². The Labute approximate surface area is 124 Å². The minimum atomic E-state index is -0.375. The van der Waals surface area contributed by atoms with Crippen LogP contribution < -0.4 is 5.32 Å². The predicted molar refractivity (Wildman–Crippen MR) is 82.6 cm³/mol. The first-order valence-electron chi connectivity index (χ1n) is 7.10. The lowest BCUT2D eigenvalue weighted by atomic mass is 10.0. The Morgan fingerprint density at radius 2 is 2.14 bits per heavy atom. The zero-order valence-corrected chi connectivity index (χ0v) is 12.3. The van der Waals surface area contributed by atoms with E-state index < -0.39 is 0 Å². The van der Waals surface area contributed by atoms with Gasteiger partial charge in [-0.05, 0) is 31.9 Å². The topological polar surface area (TPSA) is 71.5 Å². The highest BCUT2D eigenvalue weighted by Crippen LogP contribution is 2.26. The Kier molecular flexibility index (Phi) is 5.11. The van der Waals surface area contributed by atoms with E-state index in [4.69, 9.17) is 9.84 Å². The van der Waals surface area contributed by atoms with Crippen molar-refractivity contribution in [1.82, 2.24) is 4.98 Å². The first-order chi connectivity index (χ1) is 10.2. The Morgan fingerprint density at radius 3 is 2.86 bits per heavy atom. The summed E-state index contributed by atoms with van der Waals surface area (Å²) >= 11 is 0. The minimum absolute atomic E-state index is 0.0916. The van der Waals surface area contributed by atoms with Gasteiger partial charge < -0.3 is 15.2 Å². The number of hydrogen-bond acceptors (Lipinski definition) is 5. The molecular weight excluding hydrogens is 268 g/mol. The zero-order chi connectivity index (χ0) is 15.2. The number of nitrogens with one attached hydrogen (secondary N) is 1. The fourth-order valence-electron chi connectivity index (χ4n) is 2.24. The molecule has 0 aliphatic rings. The quantitative estimate of drug-likeness (QED) is 0.631. The number of carbonyl (C=O) groups excluding carboxylic acids is 1. The molecule has 2 rings (SSSR count). The van der Waals surface area contributed by atoms with E-state index in [1.165, 1.54) is 0 Å². The number of aliphatic hydroxyl groups excluding tert-OH is 1. The third kappa shape index (κ3) is 3.31. The number of pyridine rings is 1. The Hall–Kier alpha value is -2.14. The van der Waals surface area contributed by atoms with Crippen molar-refractivity contribution >= 4 is 22.7 Å². The van der Waals surface area contributed by atoms with Gasteiger partial charge in [-0.3, -0.25) is 0 Å². The summed E-state index contributed by atoms with van der Waals surface area (Å²) in [4.78, 5) is 16.7. The number of nitrogens with zero attached hydrogens (tertiary/aromatic N) is 1. The number of aliphatic hydroxyl groups is 1. The molecule has 1 aromatic carbocycles. The van der Waals surface area contributed by atoms with E-state index in [2.05, 4.69) is 10.3 Å². The molecule has 0 radical (unpaired) electrons. The lowest BCUT2D eigenvalue weighted by Crippen LogP contribution is -2.15. The summed E-state index contributed by atoms with van der Waals surface area (Å²) in [5, 5.41) is 12.9. The van der Waals surface area contributed by atoms with E-state index >= 15 is 0 Å². The largest absolute Gasteiger partial charge is 0.462 e. The fraction of sp³-hybridized carbons (Fsp3) is 0.375. The van der Waals surface area contributed by atoms with E-state index in [-0.39, 0.29) is 12.6 Å². The van der Waals surface area contributed by atoms with Crippen LogP contribution in [0.3, 0.4) is 0 Å². The molecule has 2 aromatic rings. The number of aryl methyl sites for hydroxylation is 1. The smallest absolute Gasteiger partial charge is 0.342 e. The van der Waals surface area contributed by atoms with Crippen LogP contribution in [-0.4, -0.2) is 35.8 Å². The van der Waals surface area contributed by atoms with Crippen molar-refractivity contribution in [2.45, 2.75) is 20.3 Å². The van der Waals surface area contributed by atoms with Gasteiger partial charge in [-0.15, -0.1) is 0 Å². The van der Waals surface area contributed by atoms with Crippen LogP contribution in [-0.2, 0) is 4.74 Å². The first kappa shape index (κ1) is 15.3. The van der Waals surface area contributed by atoms with Crippen molar-refractivity contribution in [1.29, 1.82) is 0 Å². The highest BCUT2D eigenvalue weighted by atomic mass is 16.5. The average molecular weight is 288 g/mol. The molecule has 21 heavy (non-hydrogen) atoms. The summed E-state index contributed by atoms with van der Waals surface area (Å²) in [5.41, 5.74) is 2.15. The monoisotopic (exact) mass is 288 g/mol. The van der Waals surface area contributed by atoms with Crippen LogP contribution in [0.2, 0.25) is 0 Å². The fourth-order valence-corrected chi connectivity index (χ4v) is 2.24. The summed E-state index contributed by atoms with van der Waals surface area (Å²) in [6.07, 6.45) is 0.593. The lowest BCUT2D eigenvalue weighted by Gasteiger charge is -2.14. The molecule has 0 amide bonds. The molecular formula is C16H20N2O3. The molecule has 0 unspecified atom stereocenters. The van der Waals surface area contributed by atoms with Gasteiger partial charge in [0.2, 0.25) is 0 Å². The first-order valence-corrected chi connectivity index (χ1v) is 7.10. The van der Waals surface area contributed by atoms with Crippen molar-refractivity contribution in [2.75, 3.05) is 25.1 Å². The van der Waals surface area contributed by atoms with Crippen molar-refractivity contribution in [2.24, 2.45) is 0 Å². The lowest BCUT2D eigenvalue weighted by molar-refractivity contribution is 0.0526. The Bertz CT molecular complexity index is 641. The minimum Gasteiger partial charge on any atom is -0.462 e. The molecule has 1 aromatic heterocycles. The Morgan fingerprint density at radius 1 is 1.38 bits per heavy atom. The van der Waals surface area contributed by atoms with Crippen LogP contribution in [0, 0.1) is 6.92 Å². The van der Waals surface area contributed by atoms with Crippen LogP contribution in [0.5, 0.6) is 0 Å². The van der Waals surface area contributed by atoms with Crippen LogP contribution in [0.15, 0.2) is 24.3 Å². The van der Waals surface area contributed by atoms with E-state index in [9.17, 15) is 4.79 Å². The maximum absolute atomic E-state index is 12.2. The van der Waals surface area contributed by atoms with Gasteiger partial charge in [0, 0.05) is 18.5 Å². The van der Waals surface area contributed by atoms with Gasteiger partial charge in [-0.25, -0.2) is 9.78 Å². The number of esters is 1. The highest BCUT2D eigenvalue weighted by Gasteiger charge is 2.19. The zero-order valence-electron chi connectivity index (χ0n) is 12.3. The number of benzene rings is 1. The average Bonchev–Trinajstić information content (AvgIpc) is 2.48. The van der Waals surface area contributed by atoms with Crippen LogP contribution in [0.4, 0.5) is 5.82 Å². The number of hydrogen-bond donors (Lipinski definition) is 2. The van der Waals surface area contributed by atoms with Gasteiger partial charge in [0.1, 0.15) is 11.4 Å². The summed E-state index contributed by atoms with van der Waals surface area (Å²) < 4.78 is 5.14. The van der Waals surface area contributed by atoms with Gasteiger partial charge in [0.05, 0.1) is 12.1 Å². The SMILES string of the molecule is CCOC(=O)c1c(NCCCO)nc2ccccc2c1C. The number of anilines is 1. The number of carbonyl (C=O) groups is 1. The van der Waals surface area contributed by atoms with Crippen LogP contribution >= 0.6 is 0 Å². The Balaban J connectivity index is 2.51. The van der Waals surface area contributed by atoms with Crippen molar-refractivity contribution in [3.05, 3.63) is 35.4 Å². The van der Waals surface area contributed by atoms with Crippen molar-refractivity contribution in [3.8, 4) is 0 Å². The number of fused-ring (bicyclic) bond motifs is 1. The summed E-state index contributed by atoms with van der Waals surface area (Å²) in [5.74, 6) is 0.137. The van der Waals surface area contributed by atoms with E-state index in [1.807, 2.05) is 31.2 Å². The van der Waals surface area contributed by atoms with Gasteiger partial charge in [-0.2, -0.15) is 0 Å². The summed E-state index contributed by atoms with van der Waals surface area (Å²) in [6, 6.07) is 7.69. The molecule has 1 heterocycles. The number of ether oxygens (including phenoxy) is 1. The molecule has 0 aliphatic carbocycles. The standard InChI is InChI=1S/C16H20N2O3/c1-3-21-16(20)14-11(2)12-7-4-5-8-13(12)18-15(14)17-9-6-10-19/h4-5,7-8,19H,3,6,9-10H2,1-2H3,(H,17,18). The summed E-state index contributed by atoms with van der Waals surface area (Å²) in [6.45, 7) is 4.64. The van der Waals surface area contributed by atoms with Gasteiger partial charge in [-0.1, -0.05) is 18.2 Å². The van der Waals surface area contributed by atoms with E-state index in [1.54, 1.807) is 6.92 Å². The molecule has 0 atom stereocenters. The van der Waals surface area contributed by atoms with Gasteiger partial charge in [0.25, 0.3) is 0 Å². The van der Waals surface area contributed by atoms with E-state index in [0.717, 1.165) is 16.5 Å². The van der Waals surface area contributed by atoms with Gasteiger partial charge in [0.15, 0.2) is 0 Å². The number of rotatable bonds is 6. The third-order valence-corrected chi connectivity index (χ3v) is 3.26. The second-order valence-electron chi connectivity index (χ2n) is 4.70. The predicted octanol–water partition coefficient (Wildman–Crippen LogP) is 2.51. The normalized spacial score (nSPS) is 10.6. The van der Waals surface area contributed by atoms with Gasteiger partial charge >= 0.3 is 5.97 Å². The molecule has 2 N–H and O–H groups in total. The molecule has 0 spiro atoms. The third-order valence-electron chi connectivity index (χ3n) is 3.26. The number of aromatic nitrogens is 1. The maximum atomic E-state index is 12.2. The van der Waals surface area contributed by atoms with E-state index in [0.29, 0.717) is 31.0 Å². The molecule has 0 saturated carbocycles. The molecule has 0 aliphatic heterocycles. The molecule has 112 valence electrons.